The molecule has 0 saturated heterocycles. The van der Waals surface area contributed by atoms with Crippen LogP contribution in [0.3, 0.4) is 0 Å². The number of rotatable bonds is 1. The molecule has 17 heavy (non-hydrogen) atoms. The summed E-state index contributed by atoms with van der Waals surface area (Å²) in [5.41, 5.74) is 0.301. The number of pyridine rings is 1. The summed E-state index contributed by atoms with van der Waals surface area (Å²) in [5.74, 6) is 0.0978. The van der Waals surface area contributed by atoms with Gasteiger partial charge < -0.3 is 5.11 Å². The Kier molecular flexibility index (Phi) is 2.75. The van der Waals surface area contributed by atoms with Crippen molar-refractivity contribution < 1.29 is 18.3 Å². The summed E-state index contributed by atoms with van der Waals surface area (Å²) in [6.45, 7) is 0. The number of phenols is 1. The second-order valence-corrected chi connectivity index (χ2v) is 3.48. The number of benzene rings is 1. The summed E-state index contributed by atoms with van der Waals surface area (Å²) in [5, 5.41) is 9.09. The number of aromatic nitrogens is 1. The summed E-state index contributed by atoms with van der Waals surface area (Å²) in [6.07, 6.45) is -3.58. The Morgan fingerprint density at radius 2 is 1.59 bits per heavy atom. The predicted molar refractivity (Wildman–Crippen MR) is 56.3 cm³/mol. The van der Waals surface area contributed by atoms with Crippen molar-refractivity contribution in [1.29, 1.82) is 0 Å². The van der Waals surface area contributed by atoms with Gasteiger partial charge in [0.1, 0.15) is 5.75 Å². The van der Waals surface area contributed by atoms with E-state index in [1.54, 1.807) is 12.1 Å². The first-order valence-corrected chi connectivity index (χ1v) is 4.79. The number of aromatic hydroxyl groups is 1. The number of hydrogen-bond acceptors (Lipinski definition) is 2. The monoisotopic (exact) mass is 239 g/mol. The molecule has 1 heterocycles. The zero-order valence-electron chi connectivity index (χ0n) is 8.57. The molecule has 0 atom stereocenters. The van der Waals surface area contributed by atoms with E-state index in [2.05, 4.69) is 4.98 Å². The molecular weight excluding hydrogens is 231 g/mol. The molecule has 1 N–H and O–H groups in total. The fraction of sp³-hybridized carbons (Fsp3) is 0.0833. The van der Waals surface area contributed by atoms with Crippen molar-refractivity contribution in [2.45, 2.75) is 6.18 Å². The Hall–Kier alpha value is -2.04. The third-order valence-electron chi connectivity index (χ3n) is 2.25. The second-order valence-electron chi connectivity index (χ2n) is 3.48. The van der Waals surface area contributed by atoms with Crippen LogP contribution in [0.4, 0.5) is 13.2 Å². The molecule has 0 aliphatic carbocycles. The van der Waals surface area contributed by atoms with Gasteiger partial charge in [-0.25, -0.2) is 0 Å². The van der Waals surface area contributed by atoms with E-state index in [0.717, 1.165) is 12.3 Å². The minimum atomic E-state index is -4.37. The first-order valence-electron chi connectivity index (χ1n) is 4.79. The van der Waals surface area contributed by atoms with Crippen LogP contribution < -0.4 is 0 Å². The fourth-order valence-corrected chi connectivity index (χ4v) is 1.36. The summed E-state index contributed by atoms with van der Waals surface area (Å²) < 4.78 is 36.9. The molecule has 2 aromatic rings. The maximum atomic E-state index is 12.3. The van der Waals surface area contributed by atoms with Crippen LogP contribution in [-0.4, -0.2) is 10.1 Å². The van der Waals surface area contributed by atoms with Gasteiger partial charge in [0.2, 0.25) is 0 Å². The summed E-state index contributed by atoms with van der Waals surface area (Å²) >= 11 is 0. The molecule has 0 fully saturated rings. The number of hydrogen-bond donors (Lipinski definition) is 1. The van der Waals surface area contributed by atoms with Crippen molar-refractivity contribution in [3.63, 3.8) is 0 Å². The molecule has 0 unspecified atom stereocenters. The smallest absolute Gasteiger partial charge is 0.417 e. The molecule has 0 radical (unpaired) electrons. The fourth-order valence-electron chi connectivity index (χ4n) is 1.36. The van der Waals surface area contributed by atoms with Gasteiger partial charge in [-0.05, 0) is 36.4 Å². The normalized spacial score (nSPS) is 11.5. The lowest BCUT2D eigenvalue weighted by molar-refractivity contribution is -0.137. The average Bonchev–Trinajstić information content (AvgIpc) is 2.29. The van der Waals surface area contributed by atoms with Crippen LogP contribution in [-0.2, 0) is 6.18 Å². The third-order valence-corrected chi connectivity index (χ3v) is 2.25. The number of halogens is 3. The highest BCUT2D eigenvalue weighted by atomic mass is 19.4. The Bertz CT molecular complexity index is 503. The van der Waals surface area contributed by atoms with E-state index in [4.69, 9.17) is 5.11 Å². The van der Waals surface area contributed by atoms with Crippen molar-refractivity contribution >= 4 is 0 Å². The molecule has 5 heteroatoms. The van der Waals surface area contributed by atoms with Crippen LogP contribution in [0.25, 0.3) is 11.3 Å². The van der Waals surface area contributed by atoms with Crippen LogP contribution in [0.15, 0.2) is 42.6 Å². The van der Waals surface area contributed by atoms with E-state index < -0.39 is 11.7 Å². The zero-order valence-corrected chi connectivity index (χ0v) is 8.57. The van der Waals surface area contributed by atoms with E-state index >= 15 is 0 Å². The Morgan fingerprint density at radius 1 is 0.941 bits per heavy atom. The maximum absolute atomic E-state index is 12.3. The van der Waals surface area contributed by atoms with Gasteiger partial charge in [-0.15, -0.1) is 0 Å². The number of nitrogens with zero attached hydrogens (tertiary/aromatic N) is 1. The molecule has 0 amide bonds. The van der Waals surface area contributed by atoms with Crippen LogP contribution in [0.1, 0.15) is 5.56 Å². The van der Waals surface area contributed by atoms with Crippen LogP contribution >= 0.6 is 0 Å². The summed E-state index contributed by atoms with van der Waals surface area (Å²) in [4.78, 5) is 3.74. The van der Waals surface area contributed by atoms with Gasteiger partial charge in [0, 0.05) is 11.8 Å². The first kappa shape index (κ1) is 11.4. The van der Waals surface area contributed by atoms with Crippen molar-refractivity contribution in [3.05, 3.63) is 48.2 Å². The van der Waals surface area contributed by atoms with Gasteiger partial charge >= 0.3 is 6.18 Å². The molecule has 0 spiro atoms. The summed E-state index contributed by atoms with van der Waals surface area (Å²) in [7, 11) is 0. The highest BCUT2D eigenvalue weighted by molar-refractivity contribution is 5.59. The minimum absolute atomic E-state index is 0.0978. The summed E-state index contributed by atoms with van der Waals surface area (Å²) in [6, 6.07) is 8.36. The third kappa shape index (κ3) is 2.55. The SMILES string of the molecule is Oc1ccc(-c2ccc(C(F)(F)F)cn2)cc1. The Balaban J connectivity index is 2.33. The van der Waals surface area contributed by atoms with Gasteiger partial charge in [0.05, 0.1) is 11.3 Å². The molecular formula is C12H8F3NO. The lowest BCUT2D eigenvalue weighted by atomic mass is 10.1. The largest absolute Gasteiger partial charge is 0.508 e. The van der Waals surface area contributed by atoms with Gasteiger partial charge in [-0.1, -0.05) is 0 Å². The van der Waals surface area contributed by atoms with Crippen LogP contribution in [0, 0.1) is 0 Å². The highest BCUT2D eigenvalue weighted by Gasteiger charge is 2.30. The maximum Gasteiger partial charge on any atom is 0.417 e. The average molecular weight is 239 g/mol. The van der Waals surface area contributed by atoms with Gasteiger partial charge in [-0.2, -0.15) is 13.2 Å². The van der Waals surface area contributed by atoms with E-state index in [1.807, 2.05) is 0 Å². The molecule has 1 aromatic heterocycles. The molecule has 2 nitrogen and oxygen atoms in total. The molecule has 0 saturated carbocycles. The molecule has 1 aromatic carbocycles. The first-order chi connectivity index (χ1) is 7.97. The van der Waals surface area contributed by atoms with Crippen molar-refractivity contribution in [3.8, 4) is 17.0 Å². The second kappa shape index (κ2) is 4.08. The molecule has 88 valence electrons. The van der Waals surface area contributed by atoms with Crippen molar-refractivity contribution in [2.24, 2.45) is 0 Å². The van der Waals surface area contributed by atoms with Gasteiger partial charge in [0.25, 0.3) is 0 Å². The number of alkyl halides is 3. The Morgan fingerprint density at radius 3 is 2.06 bits per heavy atom. The van der Waals surface area contributed by atoms with Crippen molar-refractivity contribution in [2.75, 3.05) is 0 Å². The number of phenolic OH excluding ortho intramolecular Hbond substituents is 1. The van der Waals surface area contributed by atoms with Gasteiger partial charge in [0.15, 0.2) is 0 Å². The molecule has 0 aliphatic heterocycles. The van der Waals surface area contributed by atoms with E-state index in [0.29, 0.717) is 11.3 Å². The lowest BCUT2D eigenvalue weighted by Crippen LogP contribution is -2.05. The van der Waals surface area contributed by atoms with Crippen molar-refractivity contribution in [1.82, 2.24) is 4.98 Å². The van der Waals surface area contributed by atoms with Gasteiger partial charge in [-0.3, -0.25) is 4.98 Å². The lowest BCUT2D eigenvalue weighted by Gasteiger charge is -2.06. The van der Waals surface area contributed by atoms with E-state index in [-0.39, 0.29) is 5.75 Å². The minimum Gasteiger partial charge on any atom is -0.508 e. The molecule has 2 rings (SSSR count). The standard InChI is InChI=1S/C12H8F3NO/c13-12(14,15)9-3-6-11(16-7-9)8-1-4-10(17)5-2-8/h1-7,17H. The molecule has 0 bridgehead atoms. The molecule has 0 aliphatic rings. The van der Waals surface area contributed by atoms with Crippen LogP contribution in [0.2, 0.25) is 0 Å². The van der Waals surface area contributed by atoms with E-state index in [1.165, 1.54) is 18.2 Å². The topological polar surface area (TPSA) is 33.1 Å². The predicted octanol–water partition coefficient (Wildman–Crippen LogP) is 3.47. The quantitative estimate of drug-likeness (QED) is 0.826. The van der Waals surface area contributed by atoms with Crippen LogP contribution in [0.5, 0.6) is 5.75 Å². The van der Waals surface area contributed by atoms with E-state index in [9.17, 15) is 13.2 Å². The zero-order chi connectivity index (χ0) is 12.5. The highest BCUT2D eigenvalue weighted by Crippen LogP contribution is 2.29. The Labute approximate surface area is 95.4 Å².